The Bertz CT molecular complexity index is 292. The van der Waals surface area contributed by atoms with Gasteiger partial charge in [0.15, 0.2) is 5.75 Å². The first-order valence-corrected chi connectivity index (χ1v) is 6.13. The minimum absolute atomic E-state index is 0.0910. The van der Waals surface area contributed by atoms with Crippen LogP contribution in [0.2, 0.25) is 0 Å². The van der Waals surface area contributed by atoms with Gasteiger partial charge in [-0.1, -0.05) is 0 Å². The van der Waals surface area contributed by atoms with Gasteiger partial charge in [-0.2, -0.15) is 0 Å². The van der Waals surface area contributed by atoms with Gasteiger partial charge < -0.3 is 0 Å². The Labute approximate surface area is 80.3 Å². The smallest absolute Gasteiger partial charge is 0.211 e. The molecule has 70 valence electrons. The quantitative estimate of drug-likeness (QED) is 0.536. The van der Waals surface area contributed by atoms with Gasteiger partial charge in [-0.25, -0.2) is 4.39 Å². The van der Waals surface area contributed by atoms with Crippen LogP contribution in [-0.2, 0) is 10.9 Å². The van der Waals surface area contributed by atoms with Gasteiger partial charge in [0.2, 0.25) is 5.78 Å². The van der Waals surface area contributed by atoms with Crippen LogP contribution in [0.5, 0.6) is 0 Å². The number of hydrogen-bond acceptors (Lipinski definition) is 1. The molecule has 0 N–H and O–H groups in total. The molecule has 0 aromatic heterocycles. The second-order valence-corrected chi connectivity index (χ2v) is 5.32. The van der Waals surface area contributed by atoms with E-state index < -0.39 is 0 Å². The highest BCUT2D eigenvalue weighted by atomic mass is 32.2. The van der Waals surface area contributed by atoms with E-state index >= 15 is 0 Å². The number of hydrogen-bond donors (Lipinski definition) is 0. The van der Waals surface area contributed by atoms with Crippen LogP contribution < -0.4 is 0 Å². The van der Waals surface area contributed by atoms with E-state index in [-0.39, 0.29) is 22.5 Å². The number of halogens is 1. The maximum absolute atomic E-state index is 12.5. The molecule has 1 aromatic carbocycles. The average molecular weight is 199 g/mol. The summed E-state index contributed by atoms with van der Waals surface area (Å²) in [6.45, 7) is 0. The number of Topliss-reactive ketones (excluding diaryl/α,β-unsaturated/α-hetero) is 1. The molecule has 0 bridgehead atoms. The Morgan fingerprint density at radius 3 is 2.31 bits per heavy atom. The summed E-state index contributed by atoms with van der Waals surface area (Å²) >= 11 is 0. The maximum Gasteiger partial charge on any atom is 0.211 e. The van der Waals surface area contributed by atoms with Crippen molar-refractivity contribution in [1.29, 1.82) is 0 Å². The highest BCUT2D eigenvalue weighted by molar-refractivity contribution is 7.96. The summed E-state index contributed by atoms with van der Waals surface area (Å²) in [7, 11) is 0.105. The Kier molecular flexibility index (Phi) is 3.48. The summed E-state index contributed by atoms with van der Waals surface area (Å²) in [5.41, 5.74) is 0.600. The molecule has 0 saturated carbocycles. The fourth-order valence-corrected chi connectivity index (χ4v) is 1.67. The van der Waals surface area contributed by atoms with Crippen molar-refractivity contribution in [1.82, 2.24) is 0 Å². The molecule has 13 heavy (non-hydrogen) atoms. The van der Waals surface area contributed by atoms with Gasteiger partial charge >= 0.3 is 0 Å². The molecule has 1 nitrogen and oxygen atoms in total. The topological polar surface area (TPSA) is 17.1 Å². The molecule has 0 aliphatic carbocycles. The van der Waals surface area contributed by atoms with Gasteiger partial charge in [0.1, 0.15) is 5.82 Å². The second kappa shape index (κ2) is 4.42. The van der Waals surface area contributed by atoms with Crippen molar-refractivity contribution in [2.75, 3.05) is 18.3 Å². The molecule has 0 fully saturated rings. The van der Waals surface area contributed by atoms with E-state index in [0.29, 0.717) is 11.3 Å². The van der Waals surface area contributed by atoms with Gasteiger partial charge in [0.05, 0.1) is 12.5 Å². The molecule has 1 rings (SSSR count). The second-order valence-electron chi connectivity index (χ2n) is 3.06. The lowest BCUT2D eigenvalue weighted by Crippen LogP contribution is -2.13. The van der Waals surface area contributed by atoms with Gasteiger partial charge in [-0.05, 0) is 35.2 Å². The third-order valence-corrected chi connectivity index (χ3v) is 2.43. The normalized spacial score (nSPS) is 10.5. The van der Waals surface area contributed by atoms with Crippen molar-refractivity contribution in [2.45, 2.75) is 0 Å². The van der Waals surface area contributed by atoms with Gasteiger partial charge in [0, 0.05) is 5.56 Å². The van der Waals surface area contributed by atoms with Crippen LogP contribution in [0.1, 0.15) is 10.4 Å². The van der Waals surface area contributed by atoms with Gasteiger partial charge in [0.25, 0.3) is 0 Å². The fourth-order valence-electron chi connectivity index (χ4n) is 0.981. The third kappa shape index (κ3) is 3.19. The number of benzene rings is 1. The summed E-state index contributed by atoms with van der Waals surface area (Å²) in [6, 6.07) is 5.70. The summed E-state index contributed by atoms with van der Waals surface area (Å²) < 4.78 is 12.5. The van der Waals surface area contributed by atoms with E-state index in [0.717, 1.165) is 0 Å². The zero-order valence-electron chi connectivity index (χ0n) is 7.71. The highest BCUT2D eigenvalue weighted by Crippen LogP contribution is 2.04. The molecule has 0 spiro atoms. The number of carbonyl (C=O) groups excluding carboxylic acids is 1. The van der Waals surface area contributed by atoms with Crippen LogP contribution in [0.15, 0.2) is 24.3 Å². The zero-order valence-corrected chi connectivity index (χ0v) is 8.53. The molecule has 0 aliphatic heterocycles. The van der Waals surface area contributed by atoms with Crippen LogP contribution in [0.25, 0.3) is 0 Å². The van der Waals surface area contributed by atoms with Crippen molar-refractivity contribution in [3.05, 3.63) is 35.6 Å². The van der Waals surface area contributed by atoms with E-state index in [1.165, 1.54) is 24.3 Å². The lowest BCUT2D eigenvalue weighted by molar-refractivity contribution is 0.102. The fraction of sp³-hybridized carbons (Fsp3) is 0.300. The molecule has 0 heterocycles. The standard InChI is InChI=1S/C10H12FOS/c1-13(2)7-10(12)8-3-5-9(11)6-4-8/h3-6H,7H2,1-2H3/q+1. The van der Waals surface area contributed by atoms with Gasteiger partial charge in [-0.3, -0.25) is 4.79 Å². The zero-order chi connectivity index (χ0) is 9.84. The number of carbonyl (C=O) groups is 1. The van der Waals surface area contributed by atoms with Crippen molar-refractivity contribution in [3.63, 3.8) is 0 Å². The summed E-state index contributed by atoms with van der Waals surface area (Å²) in [5, 5.41) is 0. The molecule has 0 saturated heterocycles. The molecule has 0 aliphatic rings. The Balaban J connectivity index is 2.72. The van der Waals surface area contributed by atoms with Crippen molar-refractivity contribution >= 4 is 16.7 Å². The molecular weight excluding hydrogens is 187 g/mol. The largest absolute Gasteiger partial charge is 0.289 e. The first-order chi connectivity index (χ1) is 6.09. The van der Waals surface area contributed by atoms with Crippen LogP contribution in [0, 0.1) is 5.82 Å². The lowest BCUT2D eigenvalue weighted by Gasteiger charge is -1.97. The van der Waals surface area contributed by atoms with E-state index in [4.69, 9.17) is 0 Å². The van der Waals surface area contributed by atoms with Crippen molar-refractivity contribution < 1.29 is 9.18 Å². The maximum atomic E-state index is 12.5. The Morgan fingerprint density at radius 1 is 1.31 bits per heavy atom. The summed E-state index contributed by atoms with van der Waals surface area (Å²) in [5.74, 6) is 0.336. The van der Waals surface area contributed by atoms with Gasteiger partial charge in [-0.15, -0.1) is 0 Å². The van der Waals surface area contributed by atoms with E-state index in [1.807, 2.05) is 12.5 Å². The van der Waals surface area contributed by atoms with Crippen LogP contribution >= 0.6 is 0 Å². The minimum Gasteiger partial charge on any atom is -0.289 e. The minimum atomic E-state index is -0.302. The Morgan fingerprint density at radius 2 is 1.85 bits per heavy atom. The average Bonchev–Trinajstić information content (AvgIpc) is 2.04. The molecule has 0 amide bonds. The van der Waals surface area contributed by atoms with E-state index in [9.17, 15) is 9.18 Å². The molecular formula is C10H12FOS+. The third-order valence-electron chi connectivity index (χ3n) is 1.59. The van der Waals surface area contributed by atoms with Crippen LogP contribution in [-0.4, -0.2) is 24.0 Å². The first kappa shape index (κ1) is 10.3. The first-order valence-electron chi connectivity index (χ1n) is 3.92. The molecule has 0 radical (unpaired) electrons. The monoisotopic (exact) mass is 199 g/mol. The van der Waals surface area contributed by atoms with Crippen molar-refractivity contribution in [3.8, 4) is 0 Å². The molecule has 0 unspecified atom stereocenters. The van der Waals surface area contributed by atoms with E-state index in [2.05, 4.69) is 0 Å². The van der Waals surface area contributed by atoms with Crippen LogP contribution in [0.4, 0.5) is 4.39 Å². The van der Waals surface area contributed by atoms with Crippen molar-refractivity contribution in [2.24, 2.45) is 0 Å². The molecule has 0 atom stereocenters. The highest BCUT2D eigenvalue weighted by Gasteiger charge is 2.13. The van der Waals surface area contributed by atoms with E-state index in [1.54, 1.807) is 0 Å². The molecule has 1 aromatic rings. The summed E-state index contributed by atoms with van der Waals surface area (Å²) in [4.78, 5) is 11.5. The number of rotatable bonds is 3. The lowest BCUT2D eigenvalue weighted by atomic mass is 10.1. The predicted octanol–water partition coefficient (Wildman–Crippen LogP) is 1.89. The Hall–Kier alpha value is -0.830. The SMILES string of the molecule is C[S+](C)CC(=O)c1ccc(F)cc1. The van der Waals surface area contributed by atoms with Crippen LogP contribution in [0.3, 0.4) is 0 Å². The number of ketones is 1. The summed E-state index contributed by atoms with van der Waals surface area (Å²) in [6.07, 6.45) is 4.03. The predicted molar refractivity (Wildman–Crippen MR) is 54.8 cm³/mol. The molecule has 3 heteroatoms.